The van der Waals surface area contributed by atoms with Crippen molar-refractivity contribution < 1.29 is 23.1 Å². The van der Waals surface area contributed by atoms with Gasteiger partial charge in [-0.25, -0.2) is 13.2 Å². The molecule has 1 aromatic rings. The van der Waals surface area contributed by atoms with Crippen LogP contribution in [-0.2, 0) is 14.6 Å². The molecule has 0 atom stereocenters. The monoisotopic (exact) mass is 314 g/mol. The molecule has 8 heteroatoms. The van der Waals surface area contributed by atoms with Gasteiger partial charge >= 0.3 is 12.0 Å². The Labute approximate surface area is 123 Å². The Morgan fingerprint density at radius 1 is 1.24 bits per heavy atom. The molecule has 0 aliphatic rings. The summed E-state index contributed by atoms with van der Waals surface area (Å²) in [5.74, 6) is -0.973. The van der Waals surface area contributed by atoms with E-state index in [1.165, 1.54) is 29.2 Å². The zero-order valence-electron chi connectivity index (χ0n) is 11.9. The fourth-order valence-electron chi connectivity index (χ4n) is 1.62. The lowest BCUT2D eigenvalue weighted by molar-refractivity contribution is -0.137. The molecule has 0 aromatic heterocycles. The van der Waals surface area contributed by atoms with E-state index in [4.69, 9.17) is 5.11 Å². The van der Waals surface area contributed by atoms with Crippen molar-refractivity contribution in [2.45, 2.75) is 18.2 Å². The third kappa shape index (κ3) is 5.42. The average molecular weight is 314 g/mol. The topological polar surface area (TPSA) is 104 Å². The molecule has 0 saturated heterocycles. The van der Waals surface area contributed by atoms with Gasteiger partial charge in [-0.15, -0.1) is 0 Å². The van der Waals surface area contributed by atoms with E-state index in [1.807, 2.05) is 0 Å². The number of urea groups is 1. The number of anilines is 1. The zero-order valence-corrected chi connectivity index (χ0v) is 12.7. The summed E-state index contributed by atoms with van der Waals surface area (Å²) in [4.78, 5) is 24.0. The molecule has 2 amide bonds. The molecule has 0 spiro atoms. The van der Waals surface area contributed by atoms with Crippen molar-refractivity contribution in [2.24, 2.45) is 0 Å². The fraction of sp³-hybridized carbons (Fsp3) is 0.385. The van der Waals surface area contributed by atoms with Gasteiger partial charge in [0.25, 0.3) is 0 Å². The van der Waals surface area contributed by atoms with Crippen LogP contribution in [0, 0.1) is 0 Å². The van der Waals surface area contributed by atoms with Crippen molar-refractivity contribution >= 4 is 27.5 Å². The summed E-state index contributed by atoms with van der Waals surface area (Å²) in [7, 11) is -3.28. The molecule has 0 aliphatic carbocycles. The second kappa shape index (κ2) is 7.07. The molecule has 1 aromatic carbocycles. The minimum atomic E-state index is -3.28. The van der Waals surface area contributed by atoms with E-state index in [1.54, 1.807) is 6.92 Å². The van der Waals surface area contributed by atoms with Crippen LogP contribution < -0.4 is 5.32 Å². The maximum Gasteiger partial charge on any atom is 0.321 e. The van der Waals surface area contributed by atoms with E-state index in [0.717, 1.165) is 6.26 Å². The van der Waals surface area contributed by atoms with Gasteiger partial charge in [-0.05, 0) is 31.2 Å². The van der Waals surface area contributed by atoms with Gasteiger partial charge in [0.2, 0.25) is 0 Å². The Hall–Kier alpha value is -2.09. The molecular formula is C13H18N2O5S. The number of rotatable bonds is 6. The number of carbonyl (C=O) groups excluding carboxylic acids is 1. The molecule has 0 unspecified atom stereocenters. The largest absolute Gasteiger partial charge is 0.481 e. The zero-order chi connectivity index (χ0) is 16.0. The molecule has 2 N–H and O–H groups in total. The average Bonchev–Trinajstić information content (AvgIpc) is 2.38. The summed E-state index contributed by atoms with van der Waals surface area (Å²) in [6.07, 6.45) is 0.972. The van der Waals surface area contributed by atoms with Crippen LogP contribution in [0.1, 0.15) is 13.3 Å². The number of sulfone groups is 1. The van der Waals surface area contributed by atoms with Gasteiger partial charge in [0, 0.05) is 25.0 Å². The Morgan fingerprint density at radius 2 is 1.81 bits per heavy atom. The molecule has 0 radical (unpaired) electrons. The lowest BCUT2D eigenvalue weighted by Gasteiger charge is -2.20. The molecular weight excluding hydrogens is 296 g/mol. The summed E-state index contributed by atoms with van der Waals surface area (Å²) in [6.45, 7) is 2.23. The van der Waals surface area contributed by atoms with Gasteiger partial charge in [-0.1, -0.05) is 0 Å². The van der Waals surface area contributed by atoms with Crippen LogP contribution in [-0.4, -0.2) is 49.8 Å². The van der Waals surface area contributed by atoms with E-state index in [-0.39, 0.29) is 17.9 Å². The second-order valence-electron chi connectivity index (χ2n) is 4.45. The SMILES string of the molecule is CCN(CCC(=O)O)C(=O)Nc1ccc(S(C)(=O)=O)cc1. The van der Waals surface area contributed by atoms with Crippen LogP contribution in [0.4, 0.5) is 10.5 Å². The molecule has 7 nitrogen and oxygen atoms in total. The number of hydrogen-bond donors (Lipinski definition) is 2. The number of nitrogens with one attached hydrogen (secondary N) is 1. The van der Waals surface area contributed by atoms with Crippen molar-refractivity contribution in [2.75, 3.05) is 24.7 Å². The molecule has 1 rings (SSSR count). The highest BCUT2D eigenvalue weighted by Crippen LogP contribution is 2.14. The predicted molar refractivity (Wildman–Crippen MR) is 78.1 cm³/mol. The summed E-state index contributed by atoms with van der Waals surface area (Å²) in [5, 5.41) is 11.2. The first-order valence-electron chi connectivity index (χ1n) is 6.32. The minimum Gasteiger partial charge on any atom is -0.481 e. The van der Waals surface area contributed by atoms with Crippen LogP contribution in [0.5, 0.6) is 0 Å². The summed E-state index contributed by atoms with van der Waals surface area (Å²) in [6, 6.07) is 5.35. The van der Waals surface area contributed by atoms with Crippen LogP contribution in [0.25, 0.3) is 0 Å². The van der Waals surface area contributed by atoms with Crippen LogP contribution >= 0.6 is 0 Å². The second-order valence-corrected chi connectivity index (χ2v) is 6.47. The van der Waals surface area contributed by atoms with E-state index >= 15 is 0 Å². The Balaban J connectivity index is 2.71. The molecule has 0 aliphatic heterocycles. The van der Waals surface area contributed by atoms with E-state index in [9.17, 15) is 18.0 Å². The fourth-order valence-corrected chi connectivity index (χ4v) is 2.25. The van der Waals surface area contributed by atoms with E-state index in [2.05, 4.69) is 5.32 Å². The maximum absolute atomic E-state index is 11.9. The Morgan fingerprint density at radius 3 is 2.24 bits per heavy atom. The number of aliphatic carboxylic acids is 1. The van der Waals surface area contributed by atoms with E-state index in [0.29, 0.717) is 12.2 Å². The van der Waals surface area contributed by atoms with Crippen LogP contribution in [0.3, 0.4) is 0 Å². The predicted octanol–water partition coefficient (Wildman–Crippen LogP) is 1.42. The molecule has 116 valence electrons. The first-order chi connectivity index (χ1) is 9.74. The van der Waals surface area contributed by atoms with Crippen LogP contribution in [0.2, 0.25) is 0 Å². The number of carboxylic acids is 1. The smallest absolute Gasteiger partial charge is 0.321 e. The summed E-state index contributed by atoms with van der Waals surface area (Å²) >= 11 is 0. The highest BCUT2D eigenvalue weighted by molar-refractivity contribution is 7.90. The maximum atomic E-state index is 11.9. The van der Waals surface area contributed by atoms with Gasteiger partial charge < -0.3 is 15.3 Å². The third-order valence-corrected chi connectivity index (χ3v) is 3.93. The first-order valence-corrected chi connectivity index (χ1v) is 8.21. The lowest BCUT2D eigenvalue weighted by Crippen LogP contribution is -2.36. The minimum absolute atomic E-state index is 0.110. The quantitative estimate of drug-likeness (QED) is 0.826. The van der Waals surface area contributed by atoms with Crippen molar-refractivity contribution in [3.05, 3.63) is 24.3 Å². The van der Waals surface area contributed by atoms with Crippen molar-refractivity contribution in [1.82, 2.24) is 4.90 Å². The number of nitrogens with zero attached hydrogens (tertiary/aromatic N) is 1. The van der Waals surface area contributed by atoms with Crippen LogP contribution in [0.15, 0.2) is 29.2 Å². The van der Waals surface area contributed by atoms with Gasteiger partial charge in [0.1, 0.15) is 0 Å². The highest BCUT2D eigenvalue weighted by Gasteiger charge is 2.13. The summed E-state index contributed by atoms with van der Waals surface area (Å²) < 4.78 is 22.6. The number of hydrogen-bond acceptors (Lipinski definition) is 4. The van der Waals surface area contributed by atoms with Crippen molar-refractivity contribution in [3.63, 3.8) is 0 Å². The Kier molecular flexibility index (Phi) is 5.71. The van der Waals surface area contributed by atoms with Gasteiger partial charge in [-0.3, -0.25) is 4.79 Å². The highest BCUT2D eigenvalue weighted by atomic mass is 32.2. The van der Waals surface area contributed by atoms with Gasteiger partial charge in [0.05, 0.1) is 11.3 Å². The Bertz CT molecular complexity index is 610. The first kappa shape index (κ1) is 17.0. The lowest BCUT2D eigenvalue weighted by atomic mass is 10.3. The molecule has 21 heavy (non-hydrogen) atoms. The van der Waals surface area contributed by atoms with Gasteiger partial charge in [-0.2, -0.15) is 0 Å². The molecule has 0 fully saturated rings. The number of benzene rings is 1. The third-order valence-electron chi connectivity index (χ3n) is 2.80. The molecule has 0 heterocycles. The summed E-state index contributed by atoms with van der Waals surface area (Å²) in [5.41, 5.74) is 0.446. The van der Waals surface area contributed by atoms with Gasteiger partial charge in [0.15, 0.2) is 9.84 Å². The van der Waals surface area contributed by atoms with Crippen molar-refractivity contribution in [3.8, 4) is 0 Å². The van der Waals surface area contributed by atoms with E-state index < -0.39 is 21.8 Å². The number of carbonyl (C=O) groups is 2. The standard InChI is InChI=1S/C13H18N2O5S/c1-3-15(9-8-12(16)17)13(18)14-10-4-6-11(7-5-10)21(2,19)20/h4-7H,3,8-9H2,1-2H3,(H,14,18)(H,16,17). The number of amides is 2. The van der Waals surface area contributed by atoms with Crippen molar-refractivity contribution in [1.29, 1.82) is 0 Å². The molecule has 0 saturated carbocycles. The normalized spacial score (nSPS) is 11.0. The number of carboxylic acid groups (broad SMARTS) is 1. The molecule has 0 bridgehead atoms.